The van der Waals surface area contributed by atoms with Gasteiger partial charge in [-0.1, -0.05) is 77.3 Å². The predicted molar refractivity (Wildman–Crippen MR) is 145 cm³/mol. The van der Waals surface area contributed by atoms with Crippen molar-refractivity contribution in [3.63, 3.8) is 0 Å². The van der Waals surface area contributed by atoms with Crippen molar-refractivity contribution in [1.82, 2.24) is 5.06 Å². The van der Waals surface area contributed by atoms with E-state index in [0.717, 1.165) is 19.3 Å². The molecule has 0 aromatic heterocycles. The molecule has 2 heterocycles. The molecule has 0 amide bonds. The van der Waals surface area contributed by atoms with Gasteiger partial charge in [-0.05, 0) is 52.0 Å². The van der Waals surface area contributed by atoms with Gasteiger partial charge in [0.25, 0.3) is 0 Å². The van der Waals surface area contributed by atoms with Crippen molar-refractivity contribution >= 4 is 0 Å². The molecule has 5 heteroatoms. The maximum Gasteiger partial charge on any atom is 0.174 e. The Labute approximate surface area is 220 Å². The number of nitrogens with zero attached hydrogens (tertiary/aromatic N) is 1. The van der Waals surface area contributed by atoms with Crippen LogP contribution in [0.3, 0.4) is 0 Å². The molecule has 1 aromatic rings. The smallest absolute Gasteiger partial charge is 0.174 e. The second kappa shape index (κ2) is 11.0. The Kier molecular flexibility index (Phi) is 8.58. The normalized spacial score (nSPS) is 39.4. The second-order valence-corrected chi connectivity index (χ2v) is 12.7. The Morgan fingerprint density at radius 1 is 0.972 bits per heavy atom. The summed E-state index contributed by atoms with van der Waals surface area (Å²) in [6.45, 7) is 17.9. The van der Waals surface area contributed by atoms with Crippen molar-refractivity contribution in [1.29, 1.82) is 0 Å². The van der Waals surface area contributed by atoms with E-state index in [1.54, 1.807) is 0 Å². The Morgan fingerprint density at radius 3 is 2.19 bits per heavy atom. The van der Waals surface area contributed by atoms with Gasteiger partial charge in [0.1, 0.15) is 6.10 Å². The van der Waals surface area contributed by atoms with E-state index in [4.69, 9.17) is 19.0 Å². The molecule has 0 N–H and O–H groups in total. The first-order valence-electron chi connectivity index (χ1n) is 14.5. The summed E-state index contributed by atoms with van der Waals surface area (Å²) < 4.78 is 20.0. The van der Waals surface area contributed by atoms with Gasteiger partial charge in [0.15, 0.2) is 5.79 Å². The minimum absolute atomic E-state index is 0.0300. The van der Waals surface area contributed by atoms with E-state index in [0.29, 0.717) is 25.9 Å². The third-order valence-electron chi connectivity index (χ3n) is 9.73. The average Bonchev–Trinajstić information content (AvgIpc) is 2.91. The molecule has 4 rings (SSSR count). The molecule has 4 unspecified atom stereocenters. The zero-order valence-electron chi connectivity index (χ0n) is 24.0. The Bertz CT molecular complexity index is 832. The van der Waals surface area contributed by atoms with Crippen LogP contribution >= 0.6 is 0 Å². The van der Waals surface area contributed by atoms with Gasteiger partial charge in [0, 0.05) is 23.3 Å². The molecule has 5 nitrogen and oxygen atoms in total. The molecule has 1 spiro atoms. The molecule has 2 saturated heterocycles. The highest BCUT2D eigenvalue weighted by Crippen LogP contribution is 2.55. The van der Waals surface area contributed by atoms with Gasteiger partial charge in [-0.25, -0.2) is 0 Å². The summed E-state index contributed by atoms with van der Waals surface area (Å²) in [5, 5.41) is 2.32. The van der Waals surface area contributed by atoms with Gasteiger partial charge in [-0.3, -0.25) is 4.84 Å². The number of benzene rings is 1. The zero-order valence-corrected chi connectivity index (χ0v) is 24.0. The van der Waals surface area contributed by atoms with Gasteiger partial charge in [0.05, 0.1) is 31.5 Å². The first kappa shape index (κ1) is 28.0. The summed E-state index contributed by atoms with van der Waals surface area (Å²) in [7, 11) is 0. The van der Waals surface area contributed by atoms with Gasteiger partial charge in [0.2, 0.25) is 0 Å². The molecule has 4 atom stereocenters. The van der Waals surface area contributed by atoms with Gasteiger partial charge in [-0.2, -0.15) is 5.06 Å². The Balaban J connectivity index is 1.50. The SMILES string of the molecule is CCC1(C)CC2(OCC(C)(COC3CCCCC3)CO2)C(C)C(C)(CC)N1OC(C)c1ccccc1. The van der Waals surface area contributed by atoms with Gasteiger partial charge < -0.3 is 14.2 Å². The Hall–Kier alpha value is -0.980. The maximum atomic E-state index is 6.84. The van der Waals surface area contributed by atoms with Crippen LogP contribution in [0.1, 0.15) is 112 Å². The largest absolute Gasteiger partial charge is 0.377 e. The van der Waals surface area contributed by atoms with Crippen molar-refractivity contribution in [3.8, 4) is 0 Å². The van der Waals surface area contributed by atoms with Crippen molar-refractivity contribution in [2.45, 2.75) is 129 Å². The van der Waals surface area contributed by atoms with Crippen LogP contribution in [0.15, 0.2) is 30.3 Å². The van der Waals surface area contributed by atoms with E-state index in [9.17, 15) is 0 Å². The summed E-state index contributed by atoms with van der Waals surface area (Å²) >= 11 is 0. The van der Waals surface area contributed by atoms with Crippen LogP contribution in [0.25, 0.3) is 0 Å². The third-order valence-corrected chi connectivity index (χ3v) is 9.73. The van der Waals surface area contributed by atoms with Crippen molar-refractivity contribution in [3.05, 3.63) is 35.9 Å². The van der Waals surface area contributed by atoms with E-state index in [1.807, 2.05) is 0 Å². The summed E-state index contributed by atoms with van der Waals surface area (Å²) in [4.78, 5) is 6.84. The number of ether oxygens (including phenoxy) is 3. The minimum atomic E-state index is -0.615. The third kappa shape index (κ3) is 5.42. The highest BCUT2D eigenvalue weighted by Gasteiger charge is 2.63. The fourth-order valence-electron chi connectivity index (χ4n) is 6.59. The maximum absolute atomic E-state index is 6.84. The summed E-state index contributed by atoms with van der Waals surface area (Å²) in [5.41, 5.74) is 0.634. The number of hydrogen-bond acceptors (Lipinski definition) is 5. The highest BCUT2D eigenvalue weighted by atomic mass is 16.7. The molecule has 0 radical (unpaired) electrons. The molecule has 1 aliphatic carbocycles. The van der Waals surface area contributed by atoms with E-state index in [-0.39, 0.29) is 28.5 Å². The summed E-state index contributed by atoms with van der Waals surface area (Å²) in [6.07, 6.45) is 9.38. The van der Waals surface area contributed by atoms with Crippen LogP contribution in [-0.4, -0.2) is 47.9 Å². The molecule has 0 bridgehead atoms. The van der Waals surface area contributed by atoms with Gasteiger partial charge >= 0.3 is 0 Å². The van der Waals surface area contributed by atoms with E-state index < -0.39 is 5.79 Å². The first-order chi connectivity index (χ1) is 17.1. The molecular formula is C31H51NO4. The quantitative estimate of drug-likeness (QED) is 0.370. The molecule has 36 heavy (non-hydrogen) atoms. The van der Waals surface area contributed by atoms with Crippen molar-refractivity contribution in [2.24, 2.45) is 11.3 Å². The minimum Gasteiger partial charge on any atom is -0.377 e. The fraction of sp³-hybridized carbons (Fsp3) is 0.806. The lowest BCUT2D eigenvalue weighted by molar-refractivity contribution is -0.417. The van der Waals surface area contributed by atoms with Crippen LogP contribution in [-0.2, 0) is 19.0 Å². The van der Waals surface area contributed by atoms with Crippen LogP contribution in [0.4, 0.5) is 0 Å². The number of hydrogen-bond donors (Lipinski definition) is 0. The standard InChI is InChI=1S/C31H51NO4/c1-8-29(6)20-31(34-22-28(5,23-35-31)21-33-27-18-14-11-15-19-27)25(4)30(7,9-2)32(29)36-24(3)26-16-12-10-13-17-26/h10,12-13,16-17,24-25,27H,8-9,11,14-15,18-23H2,1-7H3. The fourth-order valence-corrected chi connectivity index (χ4v) is 6.59. The van der Waals surface area contributed by atoms with Gasteiger partial charge in [-0.15, -0.1) is 0 Å². The summed E-state index contributed by atoms with van der Waals surface area (Å²) in [5.74, 6) is -0.475. The van der Waals surface area contributed by atoms with E-state index in [1.165, 1.54) is 37.7 Å². The van der Waals surface area contributed by atoms with Crippen LogP contribution in [0, 0.1) is 11.3 Å². The molecule has 204 valence electrons. The molecular weight excluding hydrogens is 450 g/mol. The Morgan fingerprint density at radius 2 is 1.61 bits per heavy atom. The lowest BCUT2D eigenvalue weighted by Gasteiger charge is -2.64. The molecule has 3 aliphatic rings. The molecule has 2 aliphatic heterocycles. The second-order valence-electron chi connectivity index (χ2n) is 12.7. The van der Waals surface area contributed by atoms with E-state index in [2.05, 4.69) is 83.9 Å². The highest BCUT2D eigenvalue weighted by molar-refractivity contribution is 5.17. The number of piperidine rings is 1. The topological polar surface area (TPSA) is 40.2 Å². The van der Waals surface area contributed by atoms with Crippen LogP contribution < -0.4 is 0 Å². The van der Waals surface area contributed by atoms with Crippen molar-refractivity contribution < 1.29 is 19.0 Å². The monoisotopic (exact) mass is 501 g/mol. The van der Waals surface area contributed by atoms with Crippen molar-refractivity contribution in [2.75, 3.05) is 19.8 Å². The molecule has 1 aromatic carbocycles. The summed E-state index contributed by atoms with van der Waals surface area (Å²) in [6, 6.07) is 10.5. The predicted octanol–water partition coefficient (Wildman–Crippen LogP) is 7.46. The van der Waals surface area contributed by atoms with Crippen LogP contribution in [0.2, 0.25) is 0 Å². The number of hydroxylamine groups is 2. The lowest BCUT2D eigenvalue weighted by atomic mass is 9.67. The van der Waals surface area contributed by atoms with E-state index >= 15 is 0 Å². The average molecular weight is 502 g/mol. The molecule has 1 saturated carbocycles. The first-order valence-corrected chi connectivity index (χ1v) is 14.5. The number of rotatable bonds is 8. The zero-order chi connectivity index (χ0) is 26.0. The molecule has 3 fully saturated rings. The lowest BCUT2D eigenvalue weighted by Crippen LogP contribution is -2.74. The van der Waals surface area contributed by atoms with Crippen LogP contribution in [0.5, 0.6) is 0 Å².